The zero-order valence-corrected chi connectivity index (χ0v) is 42.2. The number of rotatable bonds is 10. The molecule has 8 rings (SSSR count). The molecule has 3 aliphatic heterocycles. The molecule has 15 nitrogen and oxygen atoms in total. The van der Waals surface area contributed by atoms with Gasteiger partial charge in [-0.2, -0.15) is 0 Å². The quantitative estimate of drug-likeness (QED) is 0.158. The molecule has 1 saturated carbocycles. The highest BCUT2D eigenvalue weighted by atomic mass is 32.1. The van der Waals surface area contributed by atoms with Crippen LogP contribution in [-0.4, -0.2) is 136 Å². The number of likely N-dealkylation sites (tertiary alicyclic amines) is 1. The standard InChI is InChI=1S/C51H71N9O6S/c1-12-59-41-18-17-33-21-36(41)37(45(59)35-15-13-19-52-43(35)32(6)65-11)25-50(7,8)29-66-48(63)38-16-14-20-60(55-38)47(62)39(22-42-53-40(33)26-67-42)54-46(61)44(30(2)3)57(10)49(64)58-27-51(28-58)23-34(24-51)56(9)31(4)5/h13,15,17-19,21,26,30-32,34,38-39,44,55H,12,14,16,20,22-25,27-29H2,1-11H3,(H,54,61)/t32-,38-,39-,44-/m0/s1. The van der Waals surface area contributed by atoms with Crippen molar-refractivity contribution in [2.75, 3.05) is 47.4 Å². The van der Waals surface area contributed by atoms with E-state index in [-0.39, 0.29) is 42.4 Å². The first-order valence-corrected chi connectivity index (χ1v) is 25.1. The molecular formula is C51H71N9O6S. The molecule has 6 heterocycles. The fourth-order valence-electron chi connectivity index (χ4n) is 10.9. The number of esters is 1. The third-order valence-electron chi connectivity index (χ3n) is 14.8. The second-order valence-corrected chi connectivity index (χ2v) is 22.0. The Morgan fingerprint density at radius 2 is 1.84 bits per heavy atom. The number of thiazole rings is 1. The van der Waals surface area contributed by atoms with Gasteiger partial charge in [-0.1, -0.05) is 33.8 Å². The maximum atomic E-state index is 14.7. The predicted octanol–water partition coefficient (Wildman–Crippen LogP) is 7.08. The van der Waals surface area contributed by atoms with E-state index in [0.29, 0.717) is 62.5 Å². The van der Waals surface area contributed by atoms with Crippen LogP contribution in [0.15, 0.2) is 41.9 Å². The molecule has 1 aliphatic carbocycles. The van der Waals surface area contributed by atoms with Crippen molar-refractivity contribution in [3.05, 3.63) is 58.2 Å². The highest BCUT2D eigenvalue weighted by Crippen LogP contribution is 2.50. The van der Waals surface area contributed by atoms with E-state index < -0.39 is 35.4 Å². The maximum Gasteiger partial charge on any atom is 0.324 e. The molecule has 3 fully saturated rings. The van der Waals surface area contributed by atoms with E-state index in [2.05, 4.69) is 86.1 Å². The Morgan fingerprint density at radius 3 is 2.52 bits per heavy atom. The van der Waals surface area contributed by atoms with Crippen molar-refractivity contribution < 1.29 is 28.7 Å². The fourth-order valence-corrected chi connectivity index (χ4v) is 11.7. The number of aryl methyl sites for hydroxylation is 1. The lowest BCUT2D eigenvalue weighted by atomic mass is 9.60. The summed E-state index contributed by atoms with van der Waals surface area (Å²) < 4.78 is 14.3. The molecule has 4 amide bonds. The maximum absolute atomic E-state index is 14.7. The van der Waals surface area contributed by atoms with Gasteiger partial charge in [0, 0.05) is 103 Å². The summed E-state index contributed by atoms with van der Waals surface area (Å²) in [5.74, 6) is -1.48. The Kier molecular flexibility index (Phi) is 13.9. The monoisotopic (exact) mass is 938 g/mol. The van der Waals surface area contributed by atoms with Crippen molar-refractivity contribution in [3.8, 4) is 22.5 Å². The van der Waals surface area contributed by atoms with E-state index in [0.717, 1.165) is 57.5 Å². The molecule has 2 saturated heterocycles. The van der Waals surface area contributed by atoms with Crippen LogP contribution in [0.25, 0.3) is 33.4 Å². The molecule has 67 heavy (non-hydrogen) atoms. The molecule has 362 valence electrons. The average molecular weight is 938 g/mol. The number of amides is 4. The summed E-state index contributed by atoms with van der Waals surface area (Å²) in [6.45, 7) is 19.2. The van der Waals surface area contributed by atoms with Gasteiger partial charge in [-0.15, -0.1) is 11.3 Å². The number of methoxy groups -OCH3 is 1. The molecule has 1 spiro atoms. The summed E-state index contributed by atoms with van der Waals surface area (Å²) in [6, 6.07) is 8.67. The largest absolute Gasteiger partial charge is 0.464 e. The lowest BCUT2D eigenvalue weighted by Crippen LogP contribution is -2.70. The van der Waals surface area contributed by atoms with Crippen molar-refractivity contribution >= 4 is 46.1 Å². The van der Waals surface area contributed by atoms with Crippen LogP contribution in [0.1, 0.15) is 103 Å². The van der Waals surface area contributed by atoms with E-state index in [9.17, 15) is 19.2 Å². The number of carbonyl (C=O) groups is 4. The number of pyridine rings is 1. The number of aromatic nitrogens is 3. The Morgan fingerprint density at radius 1 is 1.09 bits per heavy atom. The van der Waals surface area contributed by atoms with Crippen molar-refractivity contribution in [1.82, 2.24) is 45.0 Å². The summed E-state index contributed by atoms with van der Waals surface area (Å²) in [4.78, 5) is 72.9. The summed E-state index contributed by atoms with van der Waals surface area (Å²) in [5, 5.41) is 8.28. The van der Waals surface area contributed by atoms with Crippen LogP contribution >= 0.6 is 11.3 Å². The number of nitrogens with zero attached hydrogens (tertiary/aromatic N) is 7. The van der Waals surface area contributed by atoms with Crippen LogP contribution in [-0.2, 0) is 43.2 Å². The SMILES string of the molecule is CCn1c(-c2cccnc2[C@H](C)OC)c2c3cc(ccc31)-c1csc(n1)C[C@H](NC(=O)[C@H](C(C)C)N(C)C(=O)N1CC3(CC(N(C)C(C)C)C3)C1)C(=O)N1CCC[C@H](N1)C(=O)OCC(C)(C)C2. The Labute approximate surface area is 399 Å². The van der Waals surface area contributed by atoms with Crippen LogP contribution in [0.3, 0.4) is 0 Å². The van der Waals surface area contributed by atoms with Gasteiger partial charge in [0.2, 0.25) is 5.91 Å². The van der Waals surface area contributed by atoms with Crippen molar-refractivity contribution in [1.29, 1.82) is 0 Å². The van der Waals surface area contributed by atoms with Gasteiger partial charge < -0.3 is 34.1 Å². The molecule has 4 atom stereocenters. The van der Waals surface area contributed by atoms with E-state index >= 15 is 0 Å². The summed E-state index contributed by atoms with van der Waals surface area (Å²) in [5.41, 5.74) is 9.58. The molecule has 4 aliphatic rings. The lowest BCUT2D eigenvalue weighted by molar-refractivity contribution is -0.155. The van der Waals surface area contributed by atoms with Gasteiger partial charge >= 0.3 is 12.0 Å². The van der Waals surface area contributed by atoms with E-state index in [4.69, 9.17) is 19.4 Å². The Balaban J connectivity index is 1.11. The Hall–Kier alpha value is -4.90. The van der Waals surface area contributed by atoms with Gasteiger partial charge in [-0.3, -0.25) is 24.4 Å². The molecule has 4 aromatic rings. The van der Waals surface area contributed by atoms with Gasteiger partial charge in [0.25, 0.3) is 5.91 Å². The number of ether oxygens (including phenoxy) is 2. The first-order valence-electron chi connectivity index (χ1n) is 24.2. The second kappa shape index (κ2) is 19.2. The second-order valence-electron chi connectivity index (χ2n) is 21.0. The van der Waals surface area contributed by atoms with Gasteiger partial charge in [0.1, 0.15) is 18.1 Å². The highest BCUT2D eigenvalue weighted by molar-refractivity contribution is 7.10. The third kappa shape index (κ3) is 9.60. The van der Waals surface area contributed by atoms with E-state index in [1.807, 2.05) is 37.1 Å². The molecular weight excluding hydrogens is 867 g/mol. The average Bonchev–Trinajstić information content (AvgIpc) is 3.87. The smallest absolute Gasteiger partial charge is 0.324 e. The molecule has 0 unspecified atom stereocenters. The topological polar surface area (TPSA) is 154 Å². The number of carbonyl (C=O) groups excluding carboxylic acids is 4. The number of nitrogens with one attached hydrogen (secondary N) is 2. The molecule has 1 aromatic carbocycles. The number of likely N-dealkylation sites (N-methyl/N-ethyl adjacent to an activating group) is 1. The van der Waals surface area contributed by atoms with Gasteiger partial charge in [0.05, 0.1) is 34.8 Å². The van der Waals surface area contributed by atoms with Crippen LogP contribution in [0.5, 0.6) is 0 Å². The molecule has 0 radical (unpaired) electrons. The summed E-state index contributed by atoms with van der Waals surface area (Å²) in [6.07, 6.45) is 5.45. The first kappa shape index (κ1) is 48.6. The first-order chi connectivity index (χ1) is 31.8. The third-order valence-corrected chi connectivity index (χ3v) is 15.7. The normalized spacial score (nSPS) is 21.8. The zero-order chi connectivity index (χ0) is 48.1. The molecule has 6 bridgehead atoms. The minimum Gasteiger partial charge on any atom is -0.464 e. The van der Waals surface area contributed by atoms with Gasteiger partial charge in [-0.25, -0.2) is 15.2 Å². The highest BCUT2D eigenvalue weighted by Gasteiger charge is 2.55. The van der Waals surface area contributed by atoms with Crippen LogP contribution in [0.2, 0.25) is 0 Å². The van der Waals surface area contributed by atoms with Crippen molar-refractivity contribution in [2.24, 2.45) is 16.7 Å². The number of fused-ring (bicyclic) bond motifs is 6. The minimum atomic E-state index is -1.04. The molecule has 16 heteroatoms. The number of benzene rings is 1. The molecule has 3 aromatic heterocycles. The van der Waals surface area contributed by atoms with Crippen LogP contribution < -0.4 is 10.7 Å². The summed E-state index contributed by atoms with van der Waals surface area (Å²) in [7, 11) is 5.55. The number of hydrazine groups is 1. The van der Waals surface area contributed by atoms with Gasteiger partial charge in [0.15, 0.2) is 0 Å². The Bertz CT molecular complexity index is 2480. The van der Waals surface area contributed by atoms with Crippen LogP contribution in [0.4, 0.5) is 4.79 Å². The van der Waals surface area contributed by atoms with Crippen molar-refractivity contribution in [2.45, 2.75) is 137 Å². The minimum absolute atomic E-state index is 0.116. The number of cyclic esters (lactones) is 1. The number of hydrogen-bond acceptors (Lipinski definition) is 11. The fraction of sp³-hybridized carbons (Fsp3) is 0.608. The molecule has 2 N–H and O–H groups in total. The van der Waals surface area contributed by atoms with E-state index in [1.165, 1.54) is 21.2 Å². The summed E-state index contributed by atoms with van der Waals surface area (Å²) >= 11 is 1.44. The van der Waals surface area contributed by atoms with Crippen molar-refractivity contribution in [3.63, 3.8) is 0 Å². The zero-order valence-electron chi connectivity index (χ0n) is 41.3. The predicted molar refractivity (Wildman–Crippen MR) is 261 cm³/mol. The lowest BCUT2D eigenvalue weighted by Gasteiger charge is -2.61. The van der Waals surface area contributed by atoms with E-state index in [1.54, 1.807) is 20.4 Å². The van der Waals surface area contributed by atoms with Gasteiger partial charge in [-0.05, 0) is 103 Å². The number of hydrogen-bond donors (Lipinski definition) is 2. The van der Waals surface area contributed by atoms with Crippen LogP contribution in [0, 0.1) is 16.7 Å². The number of urea groups is 1.